The Morgan fingerprint density at radius 1 is 1.00 bits per heavy atom. The first-order valence-electron chi connectivity index (χ1n) is 10.3. The molecule has 1 aromatic heterocycles. The normalized spacial score (nSPS) is 13.6. The van der Waals surface area contributed by atoms with Gasteiger partial charge in [-0.25, -0.2) is 4.79 Å². The van der Waals surface area contributed by atoms with Gasteiger partial charge in [0.1, 0.15) is 23.8 Å². The van der Waals surface area contributed by atoms with Gasteiger partial charge in [-0.2, -0.15) is 0 Å². The highest BCUT2D eigenvalue weighted by atomic mass is 16.5. The molecule has 0 saturated heterocycles. The molecule has 5 nitrogen and oxygen atoms in total. The fourth-order valence-corrected chi connectivity index (χ4v) is 4.06. The summed E-state index contributed by atoms with van der Waals surface area (Å²) >= 11 is 0. The molecular weight excluding hydrogens is 390 g/mol. The van der Waals surface area contributed by atoms with Crippen molar-refractivity contribution in [3.05, 3.63) is 94.3 Å². The Balaban J connectivity index is 1.49. The number of ether oxygens (including phenoxy) is 2. The molecule has 0 spiro atoms. The largest absolute Gasteiger partial charge is 0.497 e. The van der Waals surface area contributed by atoms with Crippen LogP contribution in [0.3, 0.4) is 0 Å². The number of nitrogens with zero attached hydrogens (tertiary/aromatic N) is 1. The van der Waals surface area contributed by atoms with Crippen molar-refractivity contribution < 1.29 is 13.9 Å². The summed E-state index contributed by atoms with van der Waals surface area (Å²) in [6.45, 7) is 2.06. The average molecular weight is 413 g/mol. The minimum Gasteiger partial charge on any atom is -0.497 e. The van der Waals surface area contributed by atoms with Gasteiger partial charge < -0.3 is 13.9 Å². The van der Waals surface area contributed by atoms with E-state index in [4.69, 9.17) is 13.9 Å². The zero-order chi connectivity index (χ0) is 21.2. The highest BCUT2D eigenvalue weighted by Gasteiger charge is 2.22. The molecule has 0 N–H and O–H groups in total. The Labute approximate surface area is 180 Å². The van der Waals surface area contributed by atoms with E-state index in [2.05, 4.69) is 29.2 Å². The summed E-state index contributed by atoms with van der Waals surface area (Å²) in [7, 11) is 1.64. The fourth-order valence-electron chi connectivity index (χ4n) is 4.06. The lowest BCUT2D eigenvalue weighted by atomic mass is 9.99. The molecule has 0 amide bonds. The summed E-state index contributed by atoms with van der Waals surface area (Å²) in [5.41, 5.74) is 4.23. The predicted octanol–water partition coefficient (Wildman–Crippen LogP) is 4.86. The molecular formula is C26H23NO4. The fraction of sp³-hybridized carbons (Fsp3) is 0.192. The lowest BCUT2D eigenvalue weighted by molar-refractivity contribution is 0.0968. The lowest BCUT2D eigenvalue weighted by Gasteiger charge is -2.29. The van der Waals surface area contributed by atoms with E-state index in [1.807, 2.05) is 42.5 Å². The Hall–Kier alpha value is -3.57. The molecule has 0 aliphatic carbocycles. The maximum atomic E-state index is 12.4. The molecule has 0 radical (unpaired) electrons. The number of methoxy groups -OCH3 is 1. The number of benzene rings is 3. The maximum absolute atomic E-state index is 12.4. The molecule has 0 atom stereocenters. The summed E-state index contributed by atoms with van der Waals surface area (Å²) in [6.07, 6.45) is 0.936. The van der Waals surface area contributed by atoms with Crippen LogP contribution in [0.15, 0.2) is 82.0 Å². The maximum Gasteiger partial charge on any atom is 0.336 e. The number of rotatable bonds is 5. The Morgan fingerprint density at radius 3 is 2.58 bits per heavy atom. The van der Waals surface area contributed by atoms with Crippen LogP contribution in [0.25, 0.3) is 22.1 Å². The van der Waals surface area contributed by atoms with Crippen molar-refractivity contribution in [1.82, 2.24) is 4.90 Å². The van der Waals surface area contributed by atoms with E-state index in [1.54, 1.807) is 13.2 Å². The van der Waals surface area contributed by atoms with E-state index in [1.165, 1.54) is 5.56 Å². The van der Waals surface area contributed by atoms with Crippen LogP contribution in [0.5, 0.6) is 11.5 Å². The monoisotopic (exact) mass is 413 g/mol. The van der Waals surface area contributed by atoms with Crippen LogP contribution in [-0.2, 0) is 13.0 Å². The molecule has 0 unspecified atom stereocenters. The minimum atomic E-state index is -0.367. The Bertz CT molecular complexity index is 1260. The first-order valence-corrected chi connectivity index (χ1v) is 10.3. The second-order valence-electron chi connectivity index (χ2n) is 7.69. The summed E-state index contributed by atoms with van der Waals surface area (Å²) in [5.74, 6) is 1.55. The van der Waals surface area contributed by atoms with Crippen LogP contribution in [0.4, 0.5) is 0 Å². The van der Waals surface area contributed by atoms with Gasteiger partial charge in [0.15, 0.2) is 0 Å². The van der Waals surface area contributed by atoms with Gasteiger partial charge in [0.25, 0.3) is 0 Å². The van der Waals surface area contributed by atoms with Gasteiger partial charge in [-0.05, 0) is 47.4 Å². The first-order chi connectivity index (χ1) is 15.2. The van der Waals surface area contributed by atoms with Gasteiger partial charge in [0.2, 0.25) is 0 Å². The van der Waals surface area contributed by atoms with E-state index < -0.39 is 0 Å². The molecule has 31 heavy (non-hydrogen) atoms. The Kier molecular flexibility index (Phi) is 5.18. The standard InChI is InChI=1S/C26H23NO4/c1-29-20-9-7-19(8-10-20)22-15-25(28)31-26-21(22)11-12-24-23(26)16-27(17-30-24)14-13-18-5-3-2-4-6-18/h2-12,15H,13-14,16-17H2,1H3. The van der Waals surface area contributed by atoms with E-state index in [9.17, 15) is 4.79 Å². The zero-order valence-corrected chi connectivity index (χ0v) is 17.3. The molecule has 1 aliphatic heterocycles. The van der Waals surface area contributed by atoms with E-state index in [-0.39, 0.29) is 5.63 Å². The minimum absolute atomic E-state index is 0.367. The van der Waals surface area contributed by atoms with Crippen molar-refractivity contribution in [3.8, 4) is 22.6 Å². The van der Waals surface area contributed by atoms with E-state index >= 15 is 0 Å². The molecule has 0 bridgehead atoms. The van der Waals surface area contributed by atoms with Crippen LogP contribution < -0.4 is 15.1 Å². The number of hydrogen-bond donors (Lipinski definition) is 0. The zero-order valence-electron chi connectivity index (χ0n) is 17.3. The number of fused-ring (bicyclic) bond motifs is 3. The quantitative estimate of drug-likeness (QED) is 0.437. The highest BCUT2D eigenvalue weighted by Crippen LogP contribution is 2.36. The third-order valence-electron chi connectivity index (χ3n) is 5.72. The smallest absolute Gasteiger partial charge is 0.336 e. The highest BCUT2D eigenvalue weighted by molar-refractivity contribution is 5.95. The van der Waals surface area contributed by atoms with Crippen molar-refractivity contribution in [3.63, 3.8) is 0 Å². The van der Waals surface area contributed by atoms with E-state index in [0.29, 0.717) is 18.9 Å². The van der Waals surface area contributed by atoms with Crippen LogP contribution in [-0.4, -0.2) is 25.3 Å². The molecule has 0 saturated carbocycles. The van der Waals surface area contributed by atoms with Crippen LogP contribution in [0.1, 0.15) is 11.1 Å². The van der Waals surface area contributed by atoms with Gasteiger partial charge in [0, 0.05) is 24.5 Å². The van der Waals surface area contributed by atoms with Crippen molar-refractivity contribution in [1.29, 1.82) is 0 Å². The van der Waals surface area contributed by atoms with E-state index in [0.717, 1.165) is 46.5 Å². The second kappa shape index (κ2) is 8.28. The molecule has 0 fully saturated rings. The Morgan fingerprint density at radius 2 is 1.81 bits per heavy atom. The van der Waals surface area contributed by atoms with Gasteiger partial charge in [-0.15, -0.1) is 0 Å². The third-order valence-corrected chi connectivity index (χ3v) is 5.72. The van der Waals surface area contributed by atoms with Crippen molar-refractivity contribution in [2.75, 3.05) is 20.4 Å². The SMILES string of the molecule is COc1ccc(-c2cc(=O)oc3c4c(ccc23)OCN(CCc2ccccc2)C4)cc1. The van der Waals surface area contributed by atoms with Crippen molar-refractivity contribution in [2.24, 2.45) is 0 Å². The molecule has 1 aliphatic rings. The summed E-state index contributed by atoms with van der Waals surface area (Å²) < 4.78 is 16.9. The first kappa shape index (κ1) is 19.4. The summed E-state index contributed by atoms with van der Waals surface area (Å²) in [4.78, 5) is 14.7. The number of hydrogen-bond acceptors (Lipinski definition) is 5. The van der Waals surface area contributed by atoms with Crippen molar-refractivity contribution in [2.45, 2.75) is 13.0 Å². The second-order valence-corrected chi connectivity index (χ2v) is 7.69. The molecule has 5 rings (SSSR count). The van der Waals surface area contributed by atoms with Crippen LogP contribution >= 0.6 is 0 Å². The van der Waals surface area contributed by atoms with Crippen LogP contribution in [0.2, 0.25) is 0 Å². The topological polar surface area (TPSA) is 51.9 Å². The van der Waals surface area contributed by atoms with Gasteiger partial charge in [-0.3, -0.25) is 4.90 Å². The summed E-state index contributed by atoms with van der Waals surface area (Å²) in [5, 5.41) is 0.900. The molecule has 2 heterocycles. The third kappa shape index (κ3) is 3.92. The molecule has 5 heteroatoms. The van der Waals surface area contributed by atoms with Gasteiger partial charge in [-0.1, -0.05) is 42.5 Å². The van der Waals surface area contributed by atoms with Crippen molar-refractivity contribution >= 4 is 11.0 Å². The van der Waals surface area contributed by atoms with Crippen LogP contribution in [0, 0.1) is 0 Å². The predicted molar refractivity (Wildman–Crippen MR) is 121 cm³/mol. The van der Waals surface area contributed by atoms with Gasteiger partial charge >= 0.3 is 5.63 Å². The van der Waals surface area contributed by atoms with Gasteiger partial charge in [0.05, 0.1) is 12.7 Å². The molecule has 156 valence electrons. The molecule has 3 aromatic carbocycles. The lowest BCUT2D eigenvalue weighted by Crippen LogP contribution is -2.33. The average Bonchev–Trinajstić information content (AvgIpc) is 2.83. The molecule has 4 aromatic rings. The summed E-state index contributed by atoms with van der Waals surface area (Å²) in [6, 6.07) is 23.6.